The van der Waals surface area contributed by atoms with E-state index in [9.17, 15) is 18.4 Å². The van der Waals surface area contributed by atoms with Gasteiger partial charge in [-0.15, -0.1) is 11.3 Å². The number of rotatable bonds is 7. The van der Waals surface area contributed by atoms with Gasteiger partial charge in [0.25, 0.3) is 18.2 Å². The number of fused-ring (bicyclic) bond motifs is 1. The van der Waals surface area contributed by atoms with Crippen molar-refractivity contribution < 1.29 is 22.8 Å². The summed E-state index contributed by atoms with van der Waals surface area (Å²) < 4.78 is 35.0. The molecule has 0 atom stereocenters. The molecular weight excluding hydrogens is 584 g/mol. The van der Waals surface area contributed by atoms with Crippen LogP contribution in [0, 0.1) is 17.8 Å². The number of pyridine rings is 1. The maximum Gasteiger partial charge on any atom is 0.280 e. The molecule has 4 aliphatic rings. The monoisotopic (exact) mass is 613 g/mol. The number of hydrogen-bond acceptors (Lipinski definition) is 6. The Kier molecular flexibility index (Phi) is 6.23. The van der Waals surface area contributed by atoms with Crippen LogP contribution < -0.4 is 11.1 Å². The Balaban J connectivity index is 1.28. The molecule has 4 aliphatic carbocycles. The van der Waals surface area contributed by atoms with Gasteiger partial charge in [0, 0.05) is 22.6 Å². The number of alkyl halides is 2. The smallest absolute Gasteiger partial charge is 0.280 e. The summed E-state index contributed by atoms with van der Waals surface area (Å²) in [5.74, 6) is 0.957. The number of para-hydroxylation sites is 1. The van der Waals surface area contributed by atoms with Crippen LogP contribution in [0.1, 0.15) is 76.4 Å². The molecule has 4 fully saturated rings. The summed E-state index contributed by atoms with van der Waals surface area (Å²) in [5.41, 5.74) is 7.58. The fraction of sp³-hybridized carbons (Fsp3) is 0.333. The summed E-state index contributed by atoms with van der Waals surface area (Å²) >= 11 is 0.870. The zero-order chi connectivity index (χ0) is 30.2. The number of halogens is 2. The highest BCUT2D eigenvalue weighted by atomic mass is 32.1. The lowest BCUT2D eigenvalue weighted by molar-refractivity contribution is -0.00765. The lowest BCUT2D eigenvalue weighted by Crippen LogP contribution is -2.49. The molecule has 4 bridgehead atoms. The molecule has 4 aromatic heterocycles. The van der Waals surface area contributed by atoms with Crippen LogP contribution in [0.3, 0.4) is 0 Å². The fourth-order valence-electron chi connectivity index (χ4n) is 8.37. The van der Waals surface area contributed by atoms with Gasteiger partial charge in [-0.1, -0.05) is 18.2 Å². The van der Waals surface area contributed by atoms with E-state index >= 15 is 0 Å². The van der Waals surface area contributed by atoms with Crippen LogP contribution in [0.5, 0.6) is 0 Å². The molecule has 9 rings (SSSR count). The van der Waals surface area contributed by atoms with Crippen molar-refractivity contribution in [3.8, 4) is 17.0 Å². The number of furan rings is 1. The largest absolute Gasteiger partial charge is 0.464 e. The van der Waals surface area contributed by atoms with Crippen molar-refractivity contribution in [1.29, 1.82) is 0 Å². The van der Waals surface area contributed by atoms with Crippen LogP contribution in [-0.2, 0) is 5.41 Å². The van der Waals surface area contributed by atoms with Crippen molar-refractivity contribution in [2.45, 2.75) is 50.4 Å². The van der Waals surface area contributed by atoms with E-state index in [-0.39, 0.29) is 26.4 Å². The summed E-state index contributed by atoms with van der Waals surface area (Å²) in [5, 5.41) is 8.38. The predicted octanol–water partition coefficient (Wildman–Crippen LogP) is 7.50. The Morgan fingerprint density at radius 1 is 1.05 bits per heavy atom. The van der Waals surface area contributed by atoms with Crippen molar-refractivity contribution in [2.75, 3.05) is 5.32 Å². The molecule has 224 valence electrons. The minimum Gasteiger partial charge on any atom is -0.464 e. The Morgan fingerprint density at radius 2 is 1.75 bits per heavy atom. The molecule has 4 heterocycles. The number of primary amides is 1. The van der Waals surface area contributed by atoms with Crippen LogP contribution >= 0.6 is 11.3 Å². The molecule has 5 aromatic rings. The van der Waals surface area contributed by atoms with Crippen molar-refractivity contribution in [3.63, 3.8) is 0 Å². The summed E-state index contributed by atoms with van der Waals surface area (Å²) in [7, 11) is 0. The maximum absolute atomic E-state index is 14.4. The van der Waals surface area contributed by atoms with Crippen molar-refractivity contribution in [3.05, 3.63) is 82.8 Å². The fourth-order valence-corrected chi connectivity index (χ4v) is 9.39. The number of anilines is 1. The Bertz CT molecular complexity index is 1880. The molecule has 44 heavy (non-hydrogen) atoms. The van der Waals surface area contributed by atoms with Crippen LogP contribution in [0.15, 0.2) is 65.4 Å². The van der Waals surface area contributed by atoms with Gasteiger partial charge in [-0.25, -0.2) is 18.4 Å². The minimum absolute atomic E-state index is 0.0203. The van der Waals surface area contributed by atoms with Gasteiger partial charge >= 0.3 is 0 Å². The zero-order valence-corrected chi connectivity index (χ0v) is 24.4. The lowest BCUT2D eigenvalue weighted by Gasteiger charge is -2.56. The second kappa shape index (κ2) is 10.1. The molecule has 0 spiro atoms. The second-order valence-corrected chi connectivity index (χ2v) is 13.5. The normalized spacial score (nSPS) is 23.9. The first-order chi connectivity index (χ1) is 21.3. The highest BCUT2D eigenvalue weighted by Gasteiger charge is 2.54. The van der Waals surface area contributed by atoms with Crippen LogP contribution in [0.2, 0.25) is 0 Å². The number of amides is 2. The first-order valence-corrected chi connectivity index (χ1v) is 15.7. The van der Waals surface area contributed by atoms with E-state index in [0.29, 0.717) is 34.5 Å². The maximum atomic E-state index is 14.4. The number of hydrogen-bond donors (Lipinski definition) is 2. The van der Waals surface area contributed by atoms with Crippen molar-refractivity contribution in [1.82, 2.24) is 14.8 Å². The van der Waals surface area contributed by atoms with Gasteiger partial charge in [0.1, 0.15) is 21.2 Å². The lowest BCUT2D eigenvalue weighted by atomic mass is 9.48. The topological polar surface area (TPSA) is 116 Å². The summed E-state index contributed by atoms with van der Waals surface area (Å²) in [6.45, 7) is 0. The van der Waals surface area contributed by atoms with E-state index in [2.05, 4.69) is 10.3 Å². The second-order valence-electron chi connectivity index (χ2n) is 12.5. The summed E-state index contributed by atoms with van der Waals surface area (Å²) in [4.78, 5) is 31.4. The molecule has 4 saturated carbocycles. The van der Waals surface area contributed by atoms with E-state index < -0.39 is 23.9 Å². The highest BCUT2D eigenvalue weighted by molar-refractivity contribution is 7.21. The standard InChI is InChI=1S/C33H29F2N5O3S/c34-29(35)23-12-21(24-7-4-8-43-24)25-26(27(30(36)41)44-32(25)37-23)38-31(42)22-16-40(20-5-2-1-3-6-20)39-28(22)33-13-17-9-18(14-33)11-19(10-17)15-33/h1-8,12,16-19,29H,9-11,13-15H2,(H2,36,41)(H,38,42). The zero-order valence-electron chi connectivity index (χ0n) is 23.6. The third-order valence-corrected chi connectivity index (χ3v) is 10.8. The third kappa shape index (κ3) is 4.36. The Hall–Kier alpha value is -4.38. The van der Waals surface area contributed by atoms with Gasteiger partial charge in [-0.05, 0) is 86.6 Å². The van der Waals surface area contributed by atoms with Crippen LogP contribution in [0.4, 0.5) is 14.5 Å². The van der Waals surface area contributed by atoms with Crippen molar-refractivity contribution >= 4 is 39.1 Å². The number of nitrogens with one attached hydrogen (secondary N) is 1. The Labute approximate surface area is 255 Å². The average molecular weight is 614 g/mol. The predicted molar refractivity (Wildman–Crippen MR) is 162 cm³/mol. The molecule has 0 unspecified atom stereocenters. The van der Waals surface area contributed by atoms with Gasteiger partial charge in [0.2, 0.25) is 0 Å². The van der Waals surface area contributed by atoms with Gasteiger partial charge in [0.15, 0.2) is 0 Å². The summed E-state index contributed by atoms with van der Waals surface area (Å²) in [6, 6.07) is 14.2. The van der Waals surface area contributed by atoms with E-state index in [1.807, 2.05) is 30.3 Å². The molecule has 8 nitrogen and oxygen atoms in total. The number of nitrogens with zero attached hydrogens (tertiary/aromatic N) is 3. The van der Waals surface area contributed by atoms with Gasteiger partial charge in [0.05, 0.1) is 28.9 Å². The third-order valence-electron chi connectivity index (χ3n) is 9.67. The highest BCUT2D eigenvalue weighted by Crippen LogP contribution is 2.61. The molecule has 0 aliphatic heterocycles. The van der Waals surface area contributed by atoms with Crippen LogP contribution in [-0.4, -0.2) is 26.6 Å². The van der Waals surface area contributed by atoms with Gasteiger partial charge in [-0.3, -0.25) is 9.59 Å². The van der Waals surface area contributed by atoms with E-state index in [1.54, 1.807) is 23.0 Å². The Morgan fingerprint density at radius 3 is 2.36 bits per heavy atom. The van der Waals surface area contributed by atoms with E-state index in [0.717, 1.165) is 42.0 Å². The van der Waals surface area contributed by atoms with E-state index in [4.69, 9.17) is 15.2 Å². The molecule has 3 N–H and O–H groups in total. The molecule has 2 amide bonds. The number of carbonyl (C=O) groups is 2. The number of thiophene rings is 1. The quantitative estimate of drug-likeness (QED) is 0.197. The first kappa shape index (κ1) is 27.2. The molecular formula is C33H29F2N5O3S. The van der Waals surface area contributed by atoms with Crippen molar-refractivity contribution in [2.24, 2.45) is 23.5 Å². The summed E-state index contributed by atoms with van der Waals surface area (Å²) in [6.07, 6.45) is 7.07. The van der Waals surface area contributed by atoms with Crippen LogP contribution in [0.25, 0.3) is 27.2 Å². The number of aromatic nitrogens is 3. The molecule has 0 saturated heterocycles. The molecule has 1 aromatic carbocycles. The molecule has 11 heteroatoms. The SMILES string of the molecule is NC(=O)c1sc2nc(C(F)F)cc(-c3ccco3)c2c1NC(=O)c1cn(-c2ccccc2)nc1C12CC3CC(CC(C3)C1)C2. The molecule has 0 radical (unpaired) electrons. The number of nitrogens with two attached hydrogens (primary N) is 1. The van der Waals surface area contributed by atoms with Gasteiger partial charge in [-0.2, -0.15) is 5.10 Å². The first-order valence-electron chi connectivity index (χ1n) is 14.8. The average Bonchev–Trinajstić information content (AvgIpc) is 3.76. The van der Waals surface area contributed by atoms with E-state index in [1.165, 1.54) is 31.6 Å². The minimum atomic E-state index is -2.85. The number of carbonyl (C=O) groups excluding carboxylic acids is 2. The number of benzene rings is 1. The van der Waals surface area contributed by atoms with Gasteiger partial charge < -0.3 is 15.5 Å².